The van der Waals surface area contributed by atoms with Crippen molar-refractivity contribution in [1.82, 2.24) is 4.57 Å². The van der Waals surface area contributed by atoms with E-state index in [0.29, 0.717) is 0 Å². The number of aromatic nitrogens is 1. The molecule has 1 aliphatic carbocycles. The molecule has 0 atom stereocenters. The van der Waals surface area contributed by atoms with Gasteiger partial charge in [0, 0.05) is 33.0 Å². The maximum absolute atomic E-state index is 7.11. The Labute approximate surface area is 255 Å². The van der Waals surface area contributed by atoms with Gasteiger partial charge in [-0.1, -0.05) is 133 Å². The number of hydrogen-bond donors (Lipinski definition) is 0. The molecule has 0 unspecified atom stereocenters. The Kier molecular flexibility index (Phi) is 4.61. The van der Waals surface area contributed by atoms with Crippen molar-refractivity contribution in [1.29, 1.82) is 0 Å². The van der Waals surface area contributed by atoms with E-state index in [0.717, 1.165) is 22.7 Å². The van der Waals surface area contributed by atoms with E-state index < -0.39 is 5.41 Å². The molecule has 2 heteroatoms. The highest BCUT2D eigenvalue weighted by Gasteiger charge is 2.51. The van der Waals surface area contributed by atoms with Gasteiger partial charge in [-0.3, -0.25) is 0 Å². The Morgan fingerprint density at radius 3 is 1.86 bits per heavy atom. The Morgan fingerprint density at radius 2 is 1.09 bits per heavy atom. The molecule has 0 saturated carbocycles. The highest BCUT2D eigenvalue weighted by Crippen LogP contribution is 2.63. The van der Waals surface area contributed by atoms with Crippen LogP contribution in [-0.2, 0) is 5.41 Å². The van der Waals surface area contributed by atoms with E-state index in [4.69, 9.17) is 4.74 Å². The molecule has 1 aliphatic heterocycles. The van der Waals surface area contributed by atoms with Crippen molar-refractivity contribution in [3.8, 4) is 28.3 Å². The zero-order chi connectivity index (χ0) is 29.0. The van der Waals surface area contributed by atoms with Gasteiger partial charge < -0.3 is 9.30 Å². The number of para-hydroxylation sites is 1. The maximum atomic E-state index is 7.11. The zero-order valence-corrected chi connectivity index (χ0v) is 24.2. The highest BCUT2D eigenvalue weighted by atomic mass is 16.5. The first-order valence-corrected chi connectivity index (χ1v) is 15.3. The summed E-state index contributed by atoms with van der Waals surface area (Å²) >= 11 is 0. The highest BCUT2D eigenvalue weighted by molar-refractivity contribution is 6.20. The molecule has 206 valence electrons. The second kappa shape index (κ2) is 8.49. The lowest BCUT2D eigenvalue weighted by Crippen LogP contribution is -2.32. The maximum Gasteiger partial charge on any atom is 0.156 e. The van der Waals surface area contributed by atoms with Crippen molar-refractivity contribution < 1.29 is 4.74 Å². The summed E-state index contributed by atoms with van der Waals surface area (Å²) < 4.78 is 9.56. The molecular weight excluding hydrogens is 534 g/mol. The van der Waals surface area contributed by atoms with E-state index in [1.54, 1.807) is 0 Å². The summed E-state index contributed by atoms with van der Waals surface area (Å²) in [6, 6.07) is 53.3. The standard InChI is InChI=1S/C42H27NO/c1-26-18-21-28(22-19-26)43-39-29-11-3-2-10-27(29)20-23-32(39)33-24-25-37-41(40(33)43)44-38-17-9-8-16-36(38)42(37)34-14-6-4-12-30(34)31-13-5-7-15-35(31)42/h2-25H,1H3. The average molecular weight is 562 g/mol. The summed E-state index contributed by atoms with van der Waals surface area (Å²) in [5, 5.41) is 4.88. The third-order valence-electron chi connectivity index (χ3n) is 9.92. The van der Waals surface area contributed by atoms with Gasteiger partial charge in [0.2, 0.25) is 0 Å². The fourth-order valence-electron chi connectivity index (χ4n) is 8.12. The van der Waals surface area contributed by atoms with Crippen LogP contribution in [0.1, 0.15) is 27.8 Å². The Balaban J connectivity index is 1.44. The number of rotatable bonds is 1. The molecule has 2 aliphatic rings. The van der Waals surface area contributed by atoms with Crippen molar-refractivity contribution >= 4 is 32.6 Å². The van der Waals surface area contributed by atoms with Gasteiger partial charge in [0.1, 0.15) is 5.75 Å². The van der Waals surface area contributed by atoms with Crippen LogP contribution >= 0.6 is 0 Å². The largest absolute Gasteiger partial charge is 0.454 e. The fourth-order valence-corrected chi connectivity index (χ4v) is 8.12. The molecule has 1 aromatic heterocycles. The number of benzene rings is 7. The number of hydrogen-bond acceptors (Lipinski definition) is 1. The van der Waals surface area contributed by atoms with Crippen LogP contribution in [-0.4, -0.2) is 4.57 Å². The third kappa shape index (κ3) is 2.86. The molecule has 44 heavy (non-hydrogen) atoms. The van der Waals surface area contributed by atoms with E-state index in [1.165, 1.54) is 66.0 Å². The van der Waals surface area contributed by atoms with E-state index >= 15 is 0 Å². The van der Waals surface area contributed by atoms with Gasteiger partial charge in [-0.15, -0.1) is 0 Å². The van der Waals surface area contributed by atoms with E-state index in [1.807, 2.05) is 0 Å². The minimum atomic E-state index is -0.498. The summed E-state index contributed by atoms with van der Waals surface area (Å²) in [7, 11) is 0. The first kappa shape index (κ1) is 23.9. The topological polar surface area (TPSA) is 14.2 Å². The second-order valence-electron chi connectivity index (χ2n) is 12.1. The van der Waals surface area contributed by atoms with Crippen LogP contribution in [0.25, 0.3) is 49.4 Å². The molecule has 2 heterocycles. The lowest BCUT2D eigenvalue weighted by molar-refractivity contribution is 0.440. The van der Waals surface area contributed by atoms with Gasteiger partial charge >= 0.3 is 0 Å². The van der Waals surface area contributed by atoms with Gasteiger partial charge in [0.25, 0.3) is 0 Å². The average Bonchev–Trinajstić information content (AvgIpc) is 3.57. The van der Waals surface area contributed by atoms with Gasteiger partial charge in [0.05, 0.1) is 16.4 Å². The monoisotopic (exact) mass is 561 g/mol. The predicted octanol–water partition coefficient (Wildman–Crippen LogP) is 10.7. The van der Waals surface area contributed by atoms with Crippen molar-refractivity contribution in [3.63, 3.8) is 0 Å². The van der Waals surface area contributed by atoms with Crippen LogP contribution in [0.2, 0.25) is 0 Å². The van der Waals surface area contributed by atoms with E-state index in [2.05, 4.69) is 157 Å². The lowest BCUT2D eigenvalue weighted by Gasteiger charge is -2.39. The van der Waals surface area contributed by atoms with E-state index in [9.17, 15) is 0 Å². The normalized spacial score (nSPS) is 13.9. The molecule has 7 aromatic carbocycles. The molecule has 10 rings (SSSR count). The van der Waals surface area contributed by atoms with Crippen molar-refractivity contribution in [2.75, 3.05) is 0 Å². The van der Waals surface area contributed by atoms with Crippen LogP contribution in [0.3, 0.4) is 0 Å². The SMILES string of the molecule is Cc1ccc(-n2c3c4c(ccc3c3ccc5ccccc5c32)C2(c3ccccc3O4)c3ccccc3-c3ccccc32)cc1. The molecule has 0 radical (unpaired) electrons. The minimum Gasteiger partial charge on any atom is -0.454 e. The van der Waals surface area contributed by atoms with Crippen LogP contribution in [0.5, 0.6) is 11.5 Å². The number of fused-ring (bicyclic) bond motifs is 15. The van der Waals surface area contributed by atoms with Crippen LogP contribution in [0, 0.1) is 6.92 Å². The molecule has 8 aromatic rings. The van der Waals surface area contributed by atoms with Crippen molar-refractivity contribution in [2.24, 2.45) is 0 Å². The zero-order valence-electron chi connectivity index (χ0n) is 24.2. The summed E-state index contributed by atoms with van der Waals surface area (Å²) in [4.78, 5) is 0. The van der Waals surface area contributed by atoms with Gasteiger partial charge in [-0.2, -0.15) is 0 Å². The molecule has 1 spiro atoms. The second-order valence-corrected chi connectivity index (χ2v) is 12.1. The van der Waals surface area contributed by atoms with Gasteiger partial charge in [-0.25, -0.2) is 0 Å². The van der Waals surface area contributed by atoms with Crippen molar-refractivity contribution in [2.45, 2.75) is 12.3 Å². The van der Waals surface area contributed by atoms with Crippen LogP contribution < -0.4 is 4.74 Å². The minimum absolute atomic E-state index is 0.498. The molecule has 0 amide bonds. The number of aryl methyl sites for hydroxylation is 1. The molecular formula is C42H27NO. The van der Waals surface area contributed by atoms with E-state index in [-0.39, 0.29) is 0 Å². The molecule has 0 saturated heterocycles. The first-order chi connectivity index (χ1) is 21.7. The first-order valence-electron chi connectivity index (χ1n) is 15.3. The summed E-state index contributed by atoms with van der Waals surface area (Å²) in [5.74, 6) is 1.83. The lowest BCUT2D eigenvalue weighted by atomic mass is 9.66. The molecule has 0 fully saturated rings. The number of nitrogens with zero attached hydrogens (tertiary/aromatic N) is 1. The summed E-state index contributed by atoms with van der Waals surface area (Å²) in [6.07, 6.45) is 0. The summed E-state index contributed by atoms with van der Waals surface area (Å²) in [6.45, 7) is 2.14. The quantitative estimate of drug-likeness (QED) is 0.194. The fraction of sp³-hybridized carbons (Fsp3) is 0.0476. The molecule has 0 bridgehead atoms. The van der Waals surface area contributed by atoms with Crippen molar-refractivity contribution in [3.05, 3.63) is 173 Å². The third-order valence-corrected chi connectivity index (χ3v) is 9.92. The number of ether oxygens (including phenoxy) is 1. The van der Waals surface area contributed by atoms with Crippen LogP contribution in [0.4, 0.5) is 0 Å². The van der Waals surface area contributed by atoms with Crippen LogP contribution in [0.15, 0.2) is 146 Å². The molecule has 0 N–H and O–H groups in total. The van der Waals surface area contributed by atoms with Gasteiger partial charge in [-0.05, 0) is 52.8 Å². The Hall–Kier alpha value is -5.60. The predicted molar refractivity (Wildman–Crippen MR) is 180 cm³/mol. The van der Waals surface area contributed by atoms with Gasteiger partial charge in [0.15, 0.2) is 5.75 Å². The Bertz CT molecular complexity index is 2430. The summed E-state index contributed by atoms with van der Waals surface area (Å²) in [5.41, 5.74) is 11.7. The smallest absolute Gasteiger partial charge is 0.156 e. The molecule has 2 nitrogen and oxygen atoms in total. The Morgan fingerprint density at radius 1 is 0.477 bits per heavy atom.